The van der Waals surface area contributed by atoms with Gasteiger partial charge in [0.25, 0.3) is 0 Å². The average molecular weight is 427 g/mol. The second kappa shape index (κ2) is 12.1. The van der Waals surface area contributed by atoms with Gasteiger partial charge in [-0.15, -0.1) is 0 Å². The monoisotopic (exact) mass is 426 g/mol. The van der Waals surface area contributed by atoms with Crippen LogP contribution in [0.5, 0.6) is 0 Å². The van der Waals surface area contributed by atoms with Gasteiger partial charge in [-0.2, -0.15) is 0 Å². The summed E-state index contributed by atoms with van der Waals surface area (Å²) in [5, 5.41) is 0. The van der Waals surface area contributed by atoms with Crippen LogP contribution in [0.15, 0.2) is 72.8 Å². The lowest BCUT2D eigenvalue weighted by atomic mass is 9.97. The molecule has 0 unspecified atom stereocenters. The molecule has 0 saturated heterocycles. The molecule has 0 saturated carbocycles. The zero-order valence-corrected chi connectivity index (χ0v) is 19.4. The fraction of sp³-hybridized carbons (Fsp3) is 0.333. The minimum absolute atomic E-state index is 0.229. The summed E-state index contributed by atoms with van der Waals surface area (Å²) in [5.74, 6) is 0.459. The molecule has 0 aliphatic heterocycles. The molecule has 2 nitrogen and oxygen atoms in total. The van der Waals surface area contributed by atoms with Crippen molar-refractivity contribution in [3.8, 4) is 22.3 Å². The van der Waals surface area contributed by atoms with Crippen molar-refractivity contribution in [2.24, 2.45) is 0 Å². The third-order valence-electron chi connectivity index (χ3n) is 5.98. The molecule has 0 radical (unpaired) electrons. The molecule has 32 heavy (non-hydrogen) atoms. The van der Waals surface area contributed by atoms with Crippen molar-refractivity contribution in [3.63, 3.8) is 0 Å². The maximum absolute atomic E-state index is 12.3. The molecule has 3 rings (SSSR count). The van der Waals surface area contributed by atoms with Gasteiger partial charge in [-0.3, -0.25) is 9.59 Å². The highest BCUT2D eigenvalue weighted by Gasteiger charge is 2.08. The number of rotatable bonds is 12. The summed E-state index contributed by atoms with van der Waals surface area (Å²) in [4.78, 5) is 24.6. The zero-order chi connectivity index (χ0) is 22.8. The van der Waals surface area contributed by atoms with Gasteiger partial charge in [0, 0.05) is 24.0 Å². The van der Waals surface area contributed by atoms with E-state index in [9.17, 15) is 9.59 Å². The van der Waals surface area contributed by atoms with Gasteiger partial charge in [0.05, 0.1) is 0 Å². The van der Waals surface area contributed by atoms with Crippen LogP contribution in [0.2, 0.25) is 0 Å². The topological polar surface area (TPSA) is 34.1 Å². The largest absolute Gasteiger partial charge is 0.294 e. The van der Waals surface area contributed by atoms with Crippen LogP contribution in [0.3, 0.4) is 0 Å². The second-order valence-electron chi connectivity index (χ2n) is 8.49. The van der Waals surface area contributed by atoms with E-state index in [1.807, 2.05) is 48.5 Å². The molecule has 0 atom stereocenters. The number of unbranched alkanes of at least 4 members (excludes halogenated alkanes) is 4. The SMILES string of the molecule is CCCCCC(=O)c1ccc(-c2ccc(-c3ccc(C(=O)CCCCC)cc3)cc2)cc1. The van der Waals surface area contributed by atoms with Crippen molar-refractivity contribution in [2.75, 3.05) is 0 Å². The van der Waals surface area contributed by atoms with Crippen LogP contribution in [-0.4, -0.2) is 11.6 Å². The Balaban J connectivity index is 1.63. The number of hydrogen-bond acceptors (Lipinski definition) is 2. The smallest absolute Gasteiger partial charge is 0.162 e. The molecule has 0 bridgehead atoms. The Morgan fingerprint density at radius 1 is 0.469 bits per heavy atom. The third kappa shape index (κ3) is 6.50. The van der Waals surface area contributed by atoms with Crippen molar-refractivity contribution >= 4 is 11.6 Å². The molecule has 0 N–H and O–H groups in total. The molecule has 3 aromatic carbocycles. The van der Waals surface area contributed by atoms with Crippen LogP contribution in [0, 0.1) is 0 Å². The summed E-state index contributed by atoms with van der Waals surface area (Å²) >= 11 is 0. The molecule has 166 valence electrons. The van der Waals surface area contributed by atoms with Gasteiger partial charge < -0.3 is 0 Å². The lowest BCUT2D eigenvalue weighted by Crippen LogP contribution is -1.98. The van der Waals surface area contributed by atoms with Crippen molar-refractivity contribution in [1.29, 1.82) is 0 Å². The maximum Gasteiger partial charge on any atom is 0.162 e. The summed E-state index contributed by atoms with van der Waals surface area (Å²) in [6.07, 6.45) is 7.66. The van der Waals surface area contributed by atoms with E-state index in [4.69, 9.17) is 0 Å². The van der Waals surface area contributed by atoms with Gasteiger partial charge in [-0.1, -0.05) is 112 Å². The standard InChI is InChI=1S/C30H34O2/c1-3-5-7-9-29(31)27-19-15-25(16-20-27)23-11-13-24(14-12-23)26-17-21-28(22-18-26)30(32)10-8-6-4-2/h11-22H,3-10H2,1-2H3. The minimum atomic E-state index is 0.229. The zero-order valence-electron chi connectivity index (χ0n) is 19.4. The first-order valence-corrected chi connectivity index (χ1v) is 12.0. The highest BCUT2D eigenvalue weighted by atomic mass is 16.1. The fourth-order valence-corrected chi connectivity index (χ4v) is 3.91. The third-order valence-corrected chi connectivity index (χ3v) is 5.98. The van der Waals surface area contributed by atoms with Crippen LogP contribution in [0.25, 0.3) is 22.3 Å². The van der Waals surface area contributed by atoms with E-state index in [1.54, 1.807) is 0 Å². The number of carbonyl (C=O) groups excluding carboxylic acids is 2. The summed E-state index contributed by atoms with van der Waals surface area (Å²) < 4.78 is 0. The molecular weight excluding hydrogens is 392 g/mol. The highest BCUT2D eigenvalue weighted by Crippen LogP contribution is 2.26. The average Bonchev–Trinajstić information content (AvgIpc) is 2.84. The number of Topliss-reactive ketones (excluding diaryl/α,β-unsaturated/α-hetero) is 2. The lowest BCUT2D eigenvalue weighted by molar-refractivity contribution is 0.0971. The first-order chi connectivity index (χ1) is 15.6. The van der Waals surface area contributed by atoms with E-state index < -0.39 is 0 Å². The van der Waals surface area contributed by atoms with E-state index in [-0.39, 0.29) is 11.6 Å². The maximum atomic E-state index is 12.3. The Bertz CT molecular complexity index is 912. The van der Waals surface area contributed by atoms with E-state index in [1.165, 1.54) is 0 Å². The highest BCUT2D eigenvalue weighted by molar-refractivity contribution is 5.97. The minimum Gasteiger partial charge on any atom is -0.294 e. The van der Waals surface area contributed by atoms with Crippen LogP contribution in [0.4, 0.5) is 0 Å². The Morgan fingerprint density at radius 3 is 1.03 bits per heavy atom. The lowest BCUT2D eigenvalue weighted by Gasteiger charge is -2.07. The number of ketones is 2. The molecule has 0 aliphatic rings. The molecule has 3 aromatic rings. The van der Waals surface area contributed by atoms with Gasteiger partial charge >= 0.3 is 0 Å². The van der Waals surface area contributed by atoms with Gasteiger partial charge in [0.2, 0.25) is 0 Å². The molecule has 0 amide bonds. The number of carbonyl (C=O) groups is 2. The molecule has 0 aliphatic carbocycles. The molecule has 2 heteroatoms. The Kier molecular flexibility index (Phi) is 8.98. The Labute approximate surface area is 192 Å². The van der Waals surface area contributed by atoms with Crippen LogP contribution >= 0.6 is 0 Å². The van der Waals surface area contributed by atoms with E-state index in [0.29, 0.717) is 12.8 Å². The van der Waals surface area contributed by atoms with E-state index >= 15 is 0 Å². The van der Waals surface area contributed by atoms with Gasteiger partial charge in [-0.05, 0) is 35.1 Å². The predicted molar refractivity (Wildman–Crippen MR) is 134 cm³/mol. The summed E-state index contributed by atoms with van der Waals surface area (Å²) in [6.45, 7) is 4.30. The summed E-state index contributed by atoms with van der Waals surface area (Å²) in [7, 11) is 0. The molecule has 0 fully saturated rings. The number of hydrogen-bond donors (Lipinski definition) is 0. The van der Waals surface area contributed by atoms with Gasteiger partial charge in [-0.25, -0.2) is 0 Å². The first-order valence-electron chi connectivity index (χ1n) is 12.0. The number of benzene rings is 3. The second-order valence-corrected chi connectivity index (χ2v) is 8.49. The van der Waals surface area contributed by atoms with Gasteiger partial charge in [0.1, 0.15) is 0 Å². The quantitative estimate of drug-likeness (QED) is 0.215. The molecule has 0 aromatic heterocycles. The van der Waals surface area contributed by atoms with E-state index in [2.05, 4.69) is 38.1 Å². The van der Waals surface area contributed by atoms with Gasteiger partial charge in [0.15, 0.2) is 11.6 Å². The molecule has 0 spiro atoms. The molecular formula is C30H34O2. The Morgan fingerprint density at radius 2 is 0.750 bits per heavy atom. The predicted octanol–water partition coefficient (Wildman–Crippen LogP) is 8.55. The van der Waals surface area contributed by atoms with Crippen molar-refractivity contribution in [3.05, 3.63) is 83.9 Å². The van der Waals surface area contributed by atoms with Crippen LogP contribution < -0.4 is 0 Å². The van der Waals surface area contributed by atoms with E-state index in [0.717, 1.165) is 71.9 Å². The van der Waals surface area contributed by atoms with Crippen molar-refractivity contribution in [2.45, 2.75) is 65.2 Å². The first kappa shape index (κ1) is 23.7. The van der Waals surface area contributed by atoms with Crippen molar-refractivity contribution in [1.82, 2.24) is 0 Å². The normalized spacial score (nSPS) is 10.8. The fourth-order valence-electron chi connectivity index (χ4n) is 3.91. The Hall–Kier alpha value is -3.00. The summed E-state index contributed by atoms with van der Waals surface area (Å²) in [6, 6.07) is 24.3. The summed E-state index contributed by atoms with van der Waals surface area (Å²) in [5.41, 5.74) is 6.06. The van der Waals surface area contributed by atoms with Crippen LogP contribution in [0.1, 0.15) is 85.9 Å². The van der Waals surface area contributed by atoms with Crippen molar-refractivity contribution < 1.29 is 9.59 Å². The molecule has 0 heterocycles. The van der Waals surface area contributed by atoms with Crippen LogP contribution in [-0.2, 0) is 0 Å².